The summed E-state index contributed by atoms with van der Waals surface area (Å²) in [6, 6.07) is 12.5. The van der Waals surface area contributed by atoms with Gasteiger partial charge in [-0.1, -0.05) is 30.3 Å². The first-order valence-electron chi connectivity index (χ1n) is 6.07. The van der Waals surface area contributed by atoms with Crippen LogP contribution in [0.3, 0.4) is 0 Å². The Morgan fingerprint density at radius 1 is 1.11 bits per heavy atom. The van der Waals surface area contributed by atoms with Crippen LogP contribution in [-0.4, -0.2) is 20.0 Å². The number of carbonyl (C=O) groups excluding carboxylic acids is 1. The molecule has 0 unspecified atom stereocenters. The molecule has 0 N–H and O–H groups in total. The van der Waals surface area contributed by atoms with Gasteiger partial charge in [0.2, 0.25) is 0 Å². The molecule has 0 bridgehead atoms. The zero-order chi connectivity index (χ0) is 13.7. The van der Waals surface area contributed by atoms with E-state index in [9.17, 15) is 9.18 Å². The van der Waals surface area contributed by atoms with Crippen molar-refractivity contribution in [2.75, 3.05) is 13.7 Å². The lowest BCUT2D eigenvalue weighted by molar-refractivity contribution is 0.112. The minimum atomic E-state index is -0.490. The van der Waals surface area contributed by atoms with Gasteiger partial charge in [-0.25, -0.2) is 4.39 Å². The largest absolute Gasteiger partial charge is 0.384 e. The van der Waals surface area contributed by atoms with Gasteiger partial charge in [0.1, 0.15) is 5.82 Å². The van der Waals surface area contributed by atoms with Gasteiger partial charge >= 0.3 is 0 Å². The highest BCUT2D eigenvalue weighted by Crippen LogP contribution is 2.22. The Labute approximate surface area is 111 Å². The molecule has 3 heteroatoms. The first-order chi connectivity index (χ1) is 9.24. The lowest BCUT2D eigenvalue weighted by Crippen LogP contribution is -1.94. The Hall–Kier alpha value is -2.00. The lowest BCUT2D eigenvalue weighted by Gasteiger charge is -2.05. The van der Waals surface area contributed by atoms with Gasteiger partial charge in [-0.15, -0.1) is 0 Å². The van der Waals surface area contributed by atoms with Crippen molar-refractivity contribution in [2.45, 2.75) is 6.42 Å². The van der Waals surface area contributed by atoms with Gasteiger partial charge in [0.25, 0.3) is 0 Å². The van der Waals surface area contributed by atoms with Crippen LogP contribution in [0, 0.1) is 5.82 Å². The molecule has 0 aliphatic heterocycles. The van der Waals surface area contributed by atoms with E-state index in [2.05, 4.69) is 0 Å². The molecule has 2 rings (SSSR count). The van der Waals surface area contributed by atoms with E-state index in [0.29, 0.717) is 12.9 Å². The summed E-state index contributed by atoms with van der Waals surface area (Å²) in [5.74, 6) is -0.490. The summed E-state index contributed by atoms with van der Waals surface area (Å²) in [5, 5.41) is 0. The molecule has 0 amide bonds. The zero-order valence-electron chi connectivity index (χ0n) is 10.7. The number of hydrogen-bond acceptors (Lipinski definition) is 2. The highest BCUT2D eigenvalue weighted by molar-refractivity contribution is 5.77. The highest BCUT2D eigenvalue weighted by Gasteiger charge is 2.04. The maximum atomic E-state index is 13.5. The van der Waals surface area contributed by atoms with E-state index >= 15 is 0 Å². The van der Waals surface area contributed by atoms with Gasteiger partial charge in [-0.3, -0.25) is 4.79 Å². The maximum absolute atomic E-state index is 13.5. The minimum Gasteiger partial charge on any atom is -0.384 e. The maximum Gasteiger partial charge on any atom is 0.152 e. The van der Waals surface area contributed by atoms with Crippen LogP contribution < -0.4 is 0 Å². The third kappa shape index (κ3) is 3.26. The second kappa shape index (κ2) is 6.25. The summed E-state index contributed by atoms with van der Waals surface area (Å²) >= 11 is 0. The number of halogens is 1. The van der Waals surface area contributed by atoms with Gasteiger partial charge in [0, 0.05) is 7.11 Å². The average Bonchev–Trinajstić information content (AvgIpc) is 2.45. The number of aldehydes is 1. The smallest absolute Gasteiger partial charge is 0.152 e. The van der Waals surface area contributed by atoms with Gasteiger partial charge in [0.15, 0.2) is 6.29 Å². The van der Waals surface area contributed by atoms with Crippen LogP contribution in [0.4, 0.5) is 4.39 Å². The molecule has 98 valence electrons. The SMILES string of the molecule is COCCc1ccc(-c2ccc(C=O)c(F)c2)cc1. The Balaban J connectivity index is 2.22. The average molecular weight is 258 g/mol. The molecule has 0 aromatic heterocycles. The monoisotopic (exact) mass is 258 g/mol. The molecule has 2 aromatic carbocycles. The van der Waals surface area contributed by atoms with Crippen LogP contribution in [0.25, 0.3) is 11.1 Å². The van der Waals surface area contributed by atoms with Crippen molar-refractivity contribution in [2.24, 2.45) is 0 Å². The second-order valence-electron chi connectivity index (χ2n) is 4.29. The Morgan fingerprint density at radius 3 is 2.37 bits per heavy atom. The van der Waals surface area contributed by atoms with E-state index in [-0.39, 0.29) is 5.56 Å². The molecule has 19 heavy (non-hydrogen) atoms. The Kier molecular flexibility index (Phi) is 4.42. The molecule has 0 spiro atoms. The summed E-state index contributed by atoms with van der Waals surface area (Å²) in [6.07, 6.45) is 1.38. The normalized spacial score (nSPS) is 10.4. The minimum absolute atomic E-state index is 0.0838. The van der Waals surface area contributed by atoms with E-state index in [4.69, 9.17) is 4.74 Å². The van der Waals surface area contributed by atoms with Crippen molar-refractivity contribution in [1.82, 2.24) is 0 Å². The van der Waals surface area contributed by atoms with Crippen LogP contribution >= 0.6 is 0 Å². The number of hydrogen-bond donors (Lipinski definition) is 0. The van der Waals surface area contributed by atoms with Crippen LogP contribution in [0.1, 0.15) is 15.9 Å². The van der Waals surface area contributed by atoms with E-state index < -0.39 is 5.82 Å². The van der Waals surface area contributed by atoms with Crippen LogP contribution in [0.5, 0.6) is 0 Å². The standard InChI is InChI=1S/C16H15FO2/c1-19-9-8-12-2-4-13(5-3-12)14-6-7-15(11-18)16(17)10-14/h2-7,10-11H,8-9H2,1H3. The summed E-state index contributed by atoms with van der Waals surface area (Å²) in [5.41, 5.74) is 2.95. The van der Waals surface area contributed by atoms with Gasteiger partial charge < -0.3 is 4.74 Å². The van der Waals surface area contributed by atoms with Gasteiger partial charge in [-0.05, 0) is 35.2 Å². The molecule has 0 saturated heterocycles. The highest BCUT2D eigenvalue weighted by atomic mass is 19.1. The molecule has 0 radical (unpaired) electrons. The van der Waals surface area contributed by atoms with E-state index in [1.54, 1.807) is 13.2 Å². The number of ether oxygens (including phenoxy) is 1. The van der Waals surface area contributed by atoms with E-state index in [0.717, 1.165) is 17.5 Å². The Bertz CT molecular complexity index is 561. The molecular formula is C16H15FO2. The van der Waals surface area contributed by atoms with Crippen molar-refractivity contribution in [3.05, 3.63) is 59.4 Å². The predicted octanol–water partition coefficient (Wildman–Crippen LogP) is 3.49. The summed E-state index contributed by atoms with van der Waals surface area (Å²) in [7, 11) is 1.67. The molecule has 2 nitrogen and oxygen atoms in total. The van der Waals surface area contributed by atoms with E-state index in [1.807, 2.05) is 24.3 Å². The molecule has 0 saturated carbocycles. The third-order valence-corrected chi connectivity index (χ3v) is 3.01. The van der Waals surface area contributed by atoms with Crippen molar-refractivity contribution in [3.8, 4) is 11.1 Å². The van der Waals surface area contributed by atoms with Crippen molar-refractivity contribution >= 4 is 6.29 Å². The van der Waals surface area contributed by atoms with Gasteiger partial charge in [0.05, 0.1) is 12.2 Å². The molecule has 0 aliphatic carbocycles. The van der Waals surface area contributed by atoms with Crippen molar-refractivity contribution in [1.29, 1.82) is 0 Å². The zero-order valence-corrected chi connectivity index (χ0v) is 10.7. The number of methoxy groups -OCH3 is 1. The molecule has 0 fully saturated rings. The molecule has 0 heterocycles. The number of carbonyl (C=O) groups is 1. The topological polar surface area (TPSA) is 26.3 Å². The van der Waals surface area contributed by atoms with Gasteiger partial charge in [-0.2, -0.15) is 0 Å². The fourth-order valence-corrected chi connectivity index (χ4v) is 1.89. The first kappa shape index (κ1) is 13.4. The fraction of sp³-hybridized carbons (Fsp3) is 0.188. The Morgan fingerprint density at radius 2 is 1.79 bits per heavy atom. The van der Waals surface area contributed by atoms with Crippen LogP contribution in [0.15, 0.2) is 42.5 Å². The number of benzene rings is 2. The third-order valence-electron chi connectivity index (χ3n) is 3.01. The summed E-state index contributed by atoms with van der Waals surface area (Å²) in [4.78, 5) is 10.6. The predicted molar refractivity (Wildman–Crippen MR) is 72.8 cm³/mol. The first-order valence-corrected chi connectivity index (χ1v) is 6.07. The summed E-state index contributed by atoms with van der Waals surface area (Å²) < 4.78 is 18.6. The second-order valence-corrected chi connectivity index (χ2v) is 4.29. The molecule has 2 aromatic rings. The quantitative estimate of drug-likeness (QED) is 0.767. The number of rotatable bonds is 5. The molecule has 0 aliphatic rings. The molecule has 0 atom stereocenters. The van der Waals surface area contributed by atoms with Crippen molar-refractivity contribution in [3.63, 3.8) is 0 Å². The van der Waals surface area contributed by atoms with Crippen molar-refractivity contribution < 1.29 is 13.9 Å². The van der Waals surface area contributed by atoms with Crippen LogP contribution in [-0.2, 0) is 11.2 Å². The summed E-state index contributed by atoms with van der Waals surface area (Å²) in [6.45, 7) is 0.683. The van der Waals surface area contributed by atoms with E-state index in [1.165, 1.54) is 17.7 Å². The fourth-order valence-electron chi connectivity index (χ4n) is 1.89. The molecular weight excluding hydrogens is 243 g/mol. The lowest BCUT2D eigenvalue weighted by atomic mass is 10.0. The van der Waals surface area contributed by atoms with Crippen LogP contribution in [0.2, 0.25) is 0 Å².